The fraction of sp³-hybridized carbons (Fsp3) is 0.235. The molecule has 0 fully saturated rings. The summed E-state index contributed by atoms with van der Waals surface area (Å²) in [6.07, 6.45) is 0.853. The zero-order valence-corrected chi connectivity index (χ0v) is 12.6. The van der Waals surface area contributed by atoms with Crippen molar-refractivity contribution in [1.29, 1.82) is 0 Å². The number of fused-ring (bicyclic) bond motifs is 1. The SMILES string of the molecule is CCc1cc(Cl)cc(C(=O)Nc2ccc3c(c2)CNC3)c1. The number of carbonyl (C=O) groups excluding carboxylic acids is 1. The Kier molecular flexibility index (Phi) is 3.95. The Morgan fingerprint density at radius 2 is 2.00 bits per heavy atom. The van der Waals surface area contributed by atoms with Crippen molar-refractivity contribution in [3.05, 3.63) is 63.7 Å². The molecule has 1 amide bonds. The molecule has 21 heavy (non-hydrogen) atoms. The normalized spacial score (nSPS) is 13.0. The predicted molar refractivity (Wildman–Crippen MR) is 85.8 cm³/mol. The van der Waals surface area contributed by atoms with Crippen LogP contribution in [-0.2, 0) is 19.5 Å². The maximum atomic E-state index is 12.3. The van der Waals surface area contributed by atoms with Crippen molar-refractivity contribution in [2.24, 2.45) is 0 Å². The topological polar surface area (TPSA) is 41.1 Å². The van der Waals surface area contributed by atoms with Crippen molar-refractivity contribution < 1.29 is 4.79 Å². The summed E-state index contributed by atoms with van der Waals surface area (Å²) in [7, 11) is 0. The lowest BCUT2D eigenvalue weighted by Gasteiger charge is -2.09. The highest BCUT2D eigenvalue weighted by atomic mass is 35.5. The van der Waals surface area contributed by atoms with Gasteiger partial charge in [-0.15, -0.1) is 0 Å². The molecule has 0 saturated carbocycles. The smallest absolute Gasteiger partial charge is 0.255 e. The summed E-state index contributed by atoms with van der Waals surface area (Å²) in [6, 6.07) is 11.5. The maximum absolute atomic E-state index is 12.3. The summed E-state index contributed by atoms with van der Waals surface area (Å²) < 4.78 is 0. The van der Waals surface area contributed by atoms with Gasteiger partial charge in [0.2, 0.25) is 0 Å². The van der Waals surface area contributed by atoms with Crippen molar-refractivity contribution in [3.63, 3.8) is 0 Å². The zero-order valence-electron chi connectivity index (χ0n) is 11.9. The molecule has 2 aromatic rings. The fourth-order valence-electron chi connectivity index (χ4n) is 2.56. The number of nitrogens with one attached hydrogen (secondary N) is 2. The van der Waals surface area contributed by atoms with Gasteiger partial charge in [-0.05, 0) is 53.4 Å². The fourth-order valence-corrected chi connectivity index (χ4v) is 2.82. The molecule has 1 heterocycles. The Balaban J connectivity index is 1.81. The second kappa shape index (κ2) is 5.88. The van der Waals surface area contributed by atoms with Crippen LogP contribution in [0.3, 0.4) is 0 Å². The van der Waals surface area contributed by atoms with Crippen LogP contribution >= 0.6 is 11.6 Å². The highest BCUT2D eigenvalue weighted by Gasteiger charge is 2.12. The van der Waals surface area contributed by atoms with E-state index >= 15 is 0 Å². The van der Waals surface area contributed by atoms with E-state index < -0.39 is 0 Å². The van der Waals surface area contributed by atoms with Gasteiger partial charge in [-0.3, -0.25) is 4.79 Å². The Morgan fingerprint density at radius 3 is 2.81 bits per heavy atom. The second-order valence-corrected chi connectivity index (χ2v) is 5.68. The number of carbonyl (C=O) groups is 1. The minimum Gasteiger partial charge on any atom is -0.322 e. The van der Waals surface area contributed by atoms with Gasteiger partial charge in [0.1, 0.15) is 0 Å². The number of aryl methyl sites for hydroxylation is 1. The molecule has 3 nitrogen and oxygen atoms in total. The zero-order chi connectivity index (χ0) is 14.8. The standard InChI is InChI=1S/C17H17ClN2O/c1-2-11-5-13(7-15(18)6-11)17(21)20-16-4-3-12-9-19-10-14(12)8-16/h3-8,19H,2,9-10H2,1H3,(H,20,21). The lowest BCUT2D eigenvalue weighted by molar-refractivity contribution is 0.102. The molecule has 108 valence electrons. The van der Waals surface area contributed by atoms with Gasteiger partial charge >= 0.3 is 0 Å². The number of rotatable bonds is 3. The lowest BCUT2D eigenvalue weighted by Crippen LogP contribution is -2.12. The monoisotopic (exact) mass is 300 g/mol. The quantitative estimate of drug-likeness (QED) is 0.906. The number of benzene rings is 2. The summed E-state index contributed by atoms with van der Waals surface area (Å²) in [5, 5.41) is 6.83. The molecule has 0 saturated heterocycles. The average molecular weight is 301 g/mol. The summed E-state index contributed by atoms with van der Waals surface area (Å²) in [6.45, 7) is 3.80. The van der Waals surface area contributed by atoms with Gasteiger partial charge < -0.3 is 10.6 Å². The summed E-state index contributed by atoms with van der Waals surface area (Å²) >= 11 is 6.06. The van der Waals surface area contributed by atoms with E-state index in [0.717, 1.165) is 30.8 Å². The number of hydrogen-bond donors (Lipinski definition) is 2. The number of hydrogen-bond acceptors (Lipinski definition) is 2. The van der Waals surface area contributed by atoms with Crippen LogP contribution in [0.25, 0.3) is 0 Å². The molecule has 1 aliphatic rings. The van der Waals surface area contributed by atoms with Gasteiger partial charge in [0.15, 0.2) is 0 Å². The van der Waals surface area contributed by atoms with Gasteiger partial charge in [-0.25, -0.2) is 0 Å². The van der Waals surface area contributed by atoms with Gasteiger partial charge in [0.05, 0.1) is 0 Å². The molecule has 0 unspecified atom stereocenters. The third kappa shape index (κ3) is 3.09. The highest BCUT2D eigenvalue weighted by molar-refractivity contribution is 6.31. The number of amides is 1. The molecule has 0 atom stereocenters. The molecule has 2 N–H and O–H groups in total. The van der Waals surface area contributed by atoms with Gasteiger partial charge in [0, 0.05) is 29.4 Å². The number of halogens is 1. The highest BCUT2D eigenvalue weighted by Crippen LogP contribution is 2.21. The van der Waals surface area contributed by atoms with Crippen LogP contribution in [0.5, 0.6) is 0 Å². The molecule has 0 aliphatic carbocycles. The molecule has 4 heteroatoms. The molecule has 2 aromatic carbocycles. The molecule has 0 bridgehead atoms. The Morgan fingerprint density at radius 1 is 1.19 bits per heavy atom. The van der Waals surface area contributed by atoms with E-state index in [4.69, 9.17) is 11.6 Å². The third-order valence-corrected chi connectivity index (χ3v) is 3.94. The van der Waals surface area contributed by atoms with Crippen molar-refractivity contribution in [1.82, 2.24) is 5.32 Å². The van der Waals surface area contributed by atoms with Crippen LogP contribution in [-0.4, -0.2) is 5.91 Å². The van der Waals surface area contributed by atoms with Crippen LogP contribution in [0.4, 0.5) is 5.69 Å². The molecule has 3 rings (SSSR count). The molecular weight excluding hydrogens is 284 g/mol. The Labute approximate surface area is 129 Å². The van der Waals surface area contributed by atoms with Crippen molar-refractivity contribution >= 4 is 23.2 Å². The minimum absolute atomic E-state index is 0.127. The van der Waals surface area contributed by atoms with E-state index in [0.29, 0.717) is 10.6 Å². The first-order chi connectivity index (χ1) is 10.2. The van der Waals surface area contributed by atoms with E-state index in [9.17, 15) is 4.79 Å². The van der Waals surface area contributed by atoms with E-state index in [1.54, 1.807) is 6.07 Å². The molecule has 0 aromatic heterocycles. The summed E-state index contributed by atoms with van der Waals surface area (Å²) in [5.41, 5.74) is 5.02. The molecule has 1 aliphatic heterocycles. The van der Waals surface area contributed by atoms with Crippen molar-refractivity contribution in [2.45, 2.75) is 26.4 Å². The van der Waals surface area contributed by atoms with Crippen LogP contribution in [0, 0.1) is 0 Å². The average Bonchev–Trinajstić information content (AvgIpc) is 2.94. The predicted octanol–water partition coefficient (Wildman–Crippen LogP) is 3.76. The van der Waals surface area contributed by atoms with Crippen LogP contribution in [0.15, 0.2) is 36.4 Å². The molecular formula is C17H17ClN2O. The van der Waals surface area contributed by atoms with Gasteiger partial charge in [-0.2, -0.15) is 0 Å². The third-order valence-electron chi connectivity index (χ3n) is 3.72. The first-order valence-electron chi connectivity index (χ1n) is 7.09. The largest absolute Gasteiger partial charge is 0.322 e. The summed E-state index contributed by atoms with van der Waals surface area (Å²) in [5.74, 6) is -0.127. The Bertz CT molecular complexity index is 697. The van der Waals surface area contributed by atoms with E-state index in [1.807, 2.05) is 31.2 Å². The van der Waals surface area contributed by atoms with Gasteiger partial charge in [0.25, 0.3) is 5.91 Å². The van der Waals surface area contributed by atoms with E-state index in [2.05, 4.69) is 16.7 Å². The van der Waals surface area contributed by atoms with E-state index in [1.165, 1.54) is 11.1 Å². The van der Waals surface area contributed by atoms with Crippen LogP contribution < -0.4 is 10.6 Å². The lowest BCUT2D eigenvalue weighted by atomic mass is 10.1. The van der Waals surface area contributed by atoms with Crippen LogP contribution in [0.2, 0.25) is 5.02 Å². The van der Waals surface area contributed by atoms with Crippen molar-refractivity contribution in [3.8, 4) is 0 Å². The second-order valence-electron chi connectivity index (χ2n) is 5.24. The van der Waals surface area contributed by atoms with E-state index in [-0.39, 0.29) is 5.91 Å². The van der Waals surface area contributed by atoms with Crippen LogP contribution in [0.1, 0.15) is 34.0 Å². The Hall–Kier alpha value is -1.84. The minimum atomic E-state index is -0.127. The molecule has 0 spiro atoms. The maximum Gasteiger partial charge on any atom is 0.255 e. The first kappa shape index (κ1) is 14.1. The number of anilines is 1. The van der Waals surface area contributed by atoms with Crippen molar-refractivity contribution in [2.75, 3.05) is 5.32 Å². The molecule has 0 radical (unpaired) electrons. The first-order valence-corrected chi connectivity index (χ1v) is 7.47. The summed E-state index contributed by atoms with van der Waals surface area (Å²) in [4.78, 5) is 12.3. The van der Waals surface area contributed by atoms with Gasteiger partial charge in [-0.1, -0.05) is 24.6 Å².